The van der Waals surface area contributed by atoms with Crippen molar-refractivity contribution in [1.29, 1.82) is 5.26 Å². The predicted molar refractivity (Wildman–Crippen MR) is 120 cm³/mol. The van der Waals surface area contributed by atoms with E-state index in [-0.39, 0.29) is 18.4 Å². The van der Waals surface area contributed by atoms with Gasteiger partial charge in [0.25, 0.3) is 5.91 Å². The van der Waals surface area contributed by atoms with E-state index < -0.39 is 28.7 Å². The van der Waals surface area contributed by atoms with Crippen LogP contribution in [0, 0.1) is 16.7 Å². The Hall–Kier alpha value is -2.73. The molecule has 168 valence electrons. The van der Waals surface area contributed by atoms with E-state index in [0.717, 1.165) is 6.42 Å². The van der Waals surface area contributed by atoms with Crippen LogP contribution in [0.15, 0.2) is 24.3 Å². The van der Waals surface area contributed by atoms with Crippen LogP contribution in [0.25, 0.3) is 0 Å². The van der Waals surface area contributed by atoms with E-state index >= 15 is 0 Å². The van der Waals surface area contributed by atoms with Crippen LogP contribution in [0.1, 0.15) is 44.0 Å². The molecule has 1 aliphatic heterocycles. The lowest BCUT2D eigenvalue weighted by atomic mass is 9.79. The normalized spacial score (nSPS) is 17.9. The van der Waals surface area contributed by atoms with Crippen LogP contribution in [-0.2, 0) is 9.59 Å². The van der Waals surface area contributed by atoms with Gasteiger partial charge in [0.05, 0.1) is 18.7 Å². The number of thiol groups is 1. The number of ether oxygens (including phenoxy) is 1. The maximum atomic E-state index is 13.5. The molecule has 0 radical (unpaired) electrons. The first kappa shape index (κ1) is 24.5. The van der Waals surface area contributed by atoms with E-state index in [2.05, 4.69) is 29.3 Å². The van der Waals surface area contributed by atoms with Crippen molar-refractivity contribution in [2.75, 3.05) is 20.2 Å². The van der Waals surface area contributed by atoms with E-state index in [9.17, 15) is 19.6 Å². The Labute approximate surface area is 188 Å². The molecule has 1 aromatic rings. The van der Waals surface area contributed by atoms with Crippen molar-refractivity contribution in [1.82, 2.24) is 15.5 Å². The highest BCUT2D eigenvalue weighted by atomic mass is 32.1. The smallest absolute Gasteiger partial charge is 0.255 e. The van der Waals surface area contributed by atoms with Gasteiger partial charge >= 0.3 is 0 Å². The Morgan fingerprint density at radius 1 is 1.35 bits per heavy atom. The van der Waals surface area contributed by atoms with Gasteiger partial charge in [0, 0.05) is 30.7 Å². The highest BCUT2D eigenvalue weighted by molar-refractivity contribution is 7.81. The first-order valence-electron chi connectivity index (χ1n) is 10.2. The van der Waals surface area contributed by atoms with Crippen LogP contribution in [0.5, 0.6) is 5.75 Å². The number of carbonyl (C=O) groups excluding carboxylic acids is 3. The van der Waals surface area contributed by atoms with Crippen molar-refractivity contribution < 1.29 is 19.1 Å². The third kappa shape index (κ3) is 5.70. The number of nitrogens with zero attached hydrogens (tertiary/aromatic N) is 2. The van der Waals surface area contributed by atoms with Crippen LogP contribution >= 0.6 is 12.6 Å². The summed E-state index contributed by atoms with van der Waals surface area (Å²) >= 11 is 4.63. The molecule has 0 bridgehead atoms. The molecule has 1 heterocycles. The fourth-order valence-corrected chi connectivity index (χ4v) is 3.87. The minimum absolute atomic E-state index is 0.208. The molecule has 3 amide bonds. The Bertz CT molecular complexity index is 867. The molecule has 0 aliphatic carbocycles. The molecule has 2 rings (SSSR count). The number of carbonyl (C=O) groups is 3. The topological polar surface area (TPSA) is 112 Å². The van der Waals surface area contributed by atoms with Gasteiger partial charge in [-0.25, -0.2) is 0 Å². The average molecular weight is 447 g/mol. The Morgan fingerprint density at radius 2 is 2.03 bits per heavy atom. The summed E-state index contributed by atoms with van der Waals surface area (Å²) in [6.07, 6.45) is 1.33. The van der Waals surface area contributed by atoms with Gasteiger partial charge in [-0.2, -0.15) is 17.9 Å². The molecular weight excluding hydrogens is 416 g/mol. The molecule has 1 fully saturated rings. The number of hydrogen-bond donors (Lipinski definition) is 3. The third-order valence-corrected chi connectivity index (χ3v) is 6.55. The minimum atomic E-state index is -0.963. The molecule has 2 N–H and O–H groups in total. The van der Waals surface area contributed by atoms with Gasteiger partial charge in [0.1, 0.15) is 17.8 Å². The van der Waals surface area contributed by atoms with Crippen molar-refractivity contribution in [3.63, 3.8) is 0 Å². The molecule has 0 spiro atoms. The second kappa shape index (κ2) is 10.5. The van der Waals surface area contributed by atoms with E-state index in [1.54, 1.807) is 24.3 Å². The summed E-state index contributed by atoms with van der Waals surface area (Å²) in [5, 5.41) is 14.6. The number of methoxy groups -OCH3 is 1. The average Bonchev–Trinajstić information content (AvgIpc) is 3.23. The summed E-state index contributed by atoms with van der Waals surface area (Å²) in [6, 6.07) is 7.43. The lowest BCUT2D eigenvalue weighted by Gasteiger charge is -2.40. The SMILES string of the molecule is COc1ccccc1C(=O)N[C@H](C(=O)N1CCC[C@H]1C#N)C(C)(C)C(S)CNC(C)=O. The standard InChI is InChI=1S/C22H30N4O4S/c1-14(27)24-13-18(31)22(2,3)19(21(29)26-11-7-8-15(26)12-23)25-20(28)16-9-5-6-10-17(16)30-4/h5-6,9-10,15,18-19,31H,7-8,11,13H2,1-4H3,(H,24,27)(H,25,28)/t15-,18?,19+/m0/s1. The summed E-state index contributed by atoms with van der Waals surface area (Å²) in [5.74, 6) is -0.614. The largest absolute Gasteiger partial charge is 0.496 e. The highest BCUT2D eigenvalue weighted by Gasteiger charge is 2.45. The number of nitrogens with one attached hydrogen (secondary N) is 2. The zero-order chi connectivity index (χ0) is 23.2. The van der Waals surface area contributed by atoms with E-state index in [1.807, 2.05) is 13.8 Å². The Balaban J connectivity index is 2.37. The molecule has 3 atom stereocenters. The third-order valence-electron chi connectivity index (χ3n) is 5.71. The fraction of sp³-hybridized carbons (Fsp3) is 0.545. The maximum Gasteiger partial charge on any atom is 0.255 e. The molecule has 1 saturated heterocycles. The number of likely N-dealkylation sites (tertiary alicyclic amines) is 1. The second-order valence-corrected chi connectivity index (χ2v) is 8.82. The monoisotopic (exact) mass is 446 g/mol. The zero-order valence-corrected chi connectivity index (χ0v) is 19.2. The van der Waals surface area contributed by atoms with E-state index in [4.69, 9.17) is 4.74 Å². The Morgan fingerprint density at radius 3 is 2.65 bits per heavy atom. The molecule has 1 aromatic carbocycles. The molecular formula is C22H30N4O4S. The van der Waals surface area contributed by atoms with Gasteiger partial charge in [-0.05, 0) is 25.0 Å². The van der Waals surface area contributed by atoms with Gasteiger partial charge in [-0.15, -0.1) is 0 Å². The quantitative estimate of drug-likeness (QED) is 0.527. The lowest BCUT2D eigenvalue weighted by Crippen LogP contribution is -2.59. The maximum absolute atomic E-state index is 13.5. The first-order chi connectivity index (χ1) is 14.6. The van der Waals surface area contributed by atoms with Gasteiger partial charge in [-0.3, -0.25) is 14.4 Å². The summed E-state index contributed by atoms with van der Waals surface area (Å²) in [6.45, 7) is 5.71. The van der Waals surface area contributed by atoms with E-state index in [0.29, 0.717) is 24.3 Å². The van der Waals surface area contributed by atoms with Crippen LogP contribution in [0.2, 0.25) is 0 Å². The van der Waals surface area contributed by atoms with Gasteiger partial charge in [0.2, 0.25) is 11.8 Å². The summed E-state index contributed by atoms with van der Waals surface area (Å²) in [5.41, 5.74) is -0.544. The minimum Gasteiger partial charge on any atom is -0.496 e. The second-order valence-electron chi connectivity index (χ2n) is 8.20. The van der Waals surface area contributed by atoms with Crippen molar-refractivity contribution in [2.45, 2.75) is 50.9 Å². The van der Waals surface area contributed by atoms with Gasteiger partial charge < -0.3 is 20.3 Å². The first-order valence-corrected chi connectivity index (χ1v) is 10.7. The van der Waals surface area contributed by atoms with Crippen LogP contribution in [0.4, 0.5) is 0 Å². The van der Waals surface area contributed by atoms with Crippen LogP contribution in [-0.4, -0.2) is 60.2 Å². The highest BCUT2D eigenvalue weighted by Crippen LogP contribution is 2.33. The molecule has 31 heavy (non-hydrogen) atoms. The Kier molecular flexibility index (Phi) is 8.34. The van der Waals surface area contributed by atoms with Gasteiger partial charge in [-0.1, -0.05) is 26.0 Å². The van der Waals surface area contributed by atoms with Crippen LogP contribution in [0.3, 0.4) is 0 Å². The lowest BCUT2D eigenvalue weighted by molar-refractivity contribution is -0.136. The van der Waals surface area contributed by atoms with Crippen molar-refractivity contribution in [2.24, 2.45) is 5.41 Å². The van der Waals surface area contributed by atoms with Crippen molar-refractivity contribution in [3.05, 3.63) is 29.8 Å². The van der Waals surface area contributed by atoms with Crippen LogP contribution < -0.4 is 15.4 Å². The predicted octanol–water partition coefficient (Wildman–Crippen LogP) is 1.77. The summed E-state index contributed by atoms with van der Waals surface area (Å²) in [7, 11) is 1.47. The number of rotatable bonds is 8. The molecule has 0 saturated carbocycles. The van der Waals surface area contributed by atoms with Crippen molar-refractivity contribution >= 4 is 30.4 Å². The summed E-state index contributed by atoms with van der Waals surface area (Å²) < 4.78 is 5.28. The number of hydrogen-bond acceptors (Lipinski definition) is 6. The molecule has 1 aliphatic rings. The molecule has 8 nitrogen and oxygen atoms in total. The fourth-order valence-electron chi connectivity index (χ4n) is 3.63. The van der Waals surface area contributed by atoms with E-state index in [1.165, 1.54) is 18.9 Å². The summed E-state index contributed by atoms with van der Waals surface area (Å²) in [4.78, 5) is 39.5. The number of benzene rings is 1. The van der Waals surface area contributed by atoms with Gasteiger partial charge in [0.15, 0.2) is 0 Å². The molecule has 0 aromatic heterocycles. The van der Waals surface area contributed by atoms with Crippen molar-refractivity contribution in [3.8, 4) is 11.8 Å². The zero-order valence-electron chi connectivity index (χ0n) is 18.3. The molecule has 9 heteroatoms. The molecule has 1 unspecified atom stereocenters. The number of amides is 3. The number of nitriles is 1. The number of para-hydroxylation sites is 1.